The Bertz CT molecular complexity index is 830. The number of benzene rings is 2. The summed E-state index contributed by atoms with van der Waals surface area (Å²) in [6.07, 6.45) is 0.837. The molecule has 27 heavy (non-hydrogen) atoms. The van der Waals surface area contributed by atoms with Crippen LogP contribution in [0.3, 0.4) is 0 Å². The number of nitrogens with one attached hydrogen (secondary N) is 2. The van der Waals surface area contributed by atoms with Crippen LogP contribution in [0.5, 0.6) is 5.75 Å². The zero-order valence-corrected chi connectivity index (χ0v) is 16.7. The van der Waals surface area contributed by atoms with Gasteiger partial charge in [-0.25, -0.2) is 0 Å². The minimum atomic E-state index is -0.308. The number of anilines is 1. The number of rotatable bonds is 7. The second kappa shape index (κ2) is 9.21. The Kier molecular flexibility index (Phi) is 6.99. The van der Waals surface area contributed by atoms with Gasteiger partial charge in [-0.15, -0.1) is 0 Å². The predicted octanol–water partition coefficient (Wildman–Crippen LogP) is 4.16. The predicted molar refractivity (Wildman–Crippen MR) is 108 cm³/mol. The monoisotopic (exact) mass is 368 g/mol. The van der Waals surface area contributed by atoms with Crippen molar-refractivity contribution in [2.45, 2.75) is 47.1 Å². The molecule has 2 amide bonds. The van der Waals surface area contributed by atoms with Crippen LogP contribution in [0, 0.1) is 20.8 Å². The first-order chi connectivity index (χ1) is 12.8. The summed E-state index contributed by atoms with van der Waals surface area (Å²) >= 11 is 0. The Morgan fingerprint density at radius 2 is 1.81 bits per heavy atom. The van der Waals surface area contributed by atoms with Gasteiger partial charge in [-0.2, -0.15) is 0 Å². The number of carbonyl (C=O) groups excluding carboxylic acids is 2. The molecule has 144 valence electrons. The third-order valence-electron chi connectivity index (χ3n) is 4.56. The highest BCUT2D eigenvalue weighted by Gasteiger charge is 2.15. The molecule has 5 heteroatoms. The van der Waals surface area contributed by atoms with Gasteiger partial charge >= 0.3 is 0 Å². The SMILES string of the molecule is CC[C@@H](C)NC(=O)c1ccccc1NC(=O)COc1cc(C)cc(C)c1C. The molecule has 0 aromatic heterocycles. The van der Waals surface area contributed by atoms with Crippen molar-refractivity contribution in [2.75, 3.05) is 11.9 Å². The van der Waals surface area contributed by atoms with E-state index in [0.717, 1.165) is 23.1 Å². The Morgan fingerprint density at radius 1 is 1.11 bits per heavy atom. The molecule has 0 radical (unpaired) electrons. The van der Waals surface area contributed by atoms with Crippen LogP contribution < -0.4 is 15.4 Å². The first-order valence-electron chi connectivity index (χ1n) is 9.22. The van der Waals surface area contributed by atoms with E-state index in [4.69, 9.17) is 4.74 Å². The van der Waals surface area contributed by atoms with Crippen molar-refractivity contribution >= 4 is 17.5 Å². The summed E-state index contributed by atoms with van der Waals surface area (Å²) in [6, 6.07) is 11.0. The third kappa shape index (κ3) is 5.58. The van der Waals surface area contributed by atoms with E-state index in [2.05, 4.69) is 16.7 Å². The molecule has 0 aliphatic rings. The molecule has 0 spiro atoms. The summed E-state index contributed by atoms with van der Waals surface area (Å²) in [4.78, 5) is 24.8. The van der Waals surface area contributed by atoms with Crippen LogP contribution in [-0.2, 0) is 4.79 Å². The van der Waals surface area contributed by atoms with Gasteiger partial charge < -0.3 is 15.4 Å². The highest BCUT2D eigenvalue weighted by molar-refractivity contribution is 6.04. The molecule has 2 aromatic rings. The number of hydrogen-bond acceptors (Lipinski definition) is 3. The van der Waals surface area contributed by atoms with Crippen molar-refractivity contribution in [3.8, 4) is 5.75 Å². The lowest BCUT2D eigenvalue weighted by atomic mass is 10.1. The van der Waals surface area contributed by atoms with E-state index in [9.17, 15) is 9.59 Å². The van der Waals surface area contributed by atoms with Crippen molar-refractivity contribution < 1.29 is 14.3 Å². The van der Waals surface area contributed by atoms with Gasteiger partial charge in [-0.05, 0) is 69.0 Å². The fourth-order valence-electron chi connectivity index (χ4n) is 2.67. The van der Waals surface area contributed by atoms with E-state index in [-0.39, 0.29) is 24.5 Å². The molecule has 0 saturated heterocycles. The van der Waals surface area contributed by atoms with E-state index < -0.39 is 0 Å². The van der Waals surface area contributed by atoms with Gasteiger partial charge in [0.1, 0.15) is 5.75 Å². The van der Waals surface area contributed by atoms with Crippen LogP contribution in [-0.4, -0.2) is 24.5 Å². The fraction of sp³-hybridized carbons (Fsp3) is 0.364. The standard InChI is InChI=1S/C22H28N2O3/c1-6-16(4)23-22(26)18-9-7-8-10-19(18)24-21(25)13-27-20-12-14(2)11-15(3)17(20)5/h7-12,16H,6,13H2,1-5H3,(H,23,26)(H,24,25)/t16-/m1/s1. The van der Waals surface area contributed by atoms with Gasteiger partial charge in [0.05, 0.1) is 11.3 Å². The van der Waals surface area contributed by atoms with Crippen molar-refractivity contribution in [1.82, 2.24) is 5.32 Å². The molecule has 5 nitrogen and oxygen atoms in total. The third-order valence-corrected chi connectivity index (χ3v) is 4.56. The molecule has 0 bridgehead atoms. The van der Waals surface area contributed by atoms with Gasteiger partial charge in [0.2, 0.25) is 0 Å². The lowest BCUT2D eigenvalue weighted by Gasteiger charge is -2.15. The summed E-state index contributed by atoms with van der Waals surface area (Å²) in [5, 5.41) is 5.69. The molecule has 0 unspecified atom stereocenters. The maximum Gasteiger partial charge on any atom is 0.262 e. The molecule has 2 rings (SSSR count). The molecular formula is C22H28N2O3. The van der Waals surface area contributed by atoms with Crippen LogP contribution in [0.15, 0.2) is 36.4 Å². The number of aryl methyl sites for hydroxylation is 2. The topological polar surface area (TPSA) is 67.4 Å². The smallest absolute Gasteiger partial charge is 0.262 e. The Morgan fingerprint density at radius 3 is 2.52 bits per heavy atom. The maximum absolute atomic E-state index is 12.4. The van der Waals surface area contributed by atoms with Gasteiger partial charge in [0.15, 0.2) is 6.61 Å². The van der Waals surface area contributed by atoms with E-state index in [1.54, 1.807) is 24.3 Å². The summed E-state index contributed by atoms with van der Waals surface area (Å²) in [5.74, 6) is 0.189. The second-order valence-electron chi connectivity index (χ2n) is 6.87. The van der Waals surface area contributed by atoms with Crippen LogP contribution in [0.25, 0.3) is 0 Å². The lowest BCUT2D eigenvalue weighted by molar-refractivity contribution is -0.118. The Hall–Kier alpha value is -2.82. The maximum atomic E-state index is 12.4. The van der Waals surface area contributed by atoms with Crippen LogP contribution in [0.2, 0.25) is 0 Å². The van der Waals surface area contributed by atoms with Crippen molar-refractivity contribution in [3.05, 3.63) is 58.7 Å². The molecule has 2 N–H and O–H groups in total. The minimum absolute atomic E-state index is 0.0668. The van der Waals surface area contributed by atoms with Crippen molar-refractivity contribution in [2.24, 2.45) is 0 Å². The second-order valence-corrected chi connectivity index (χ2v) is 6.87. The largest absolute Gasteiger partial charge is 0.483 e. The number of ether oxygens (including phenoxy) is 1. The van der Waals surface area contributed by atoms with E-state index >= 15 is 0 Å². The van der Waals surface area contributed by atoms with Crippen LogP contribution in [0.4, 0.5) is 5.69 Å². The Balaban J connectivity index is 2.05. The average molecular weight is 368 g/mol. The zero-order chi connectivity index (χ0) is 20.0. The minimum Gasteiger partial charge on any atom is -0.483 e. The zero-order valence-electron chi connectivity index (χ0n) is 16.7. The highest BCUT2D eigenvalue weighted by Crippen LogP contribution is 2.23. The first kappa shape index (κ1) is 20.5. The molecule has 0 fully saturated rings. The van der Waals surface area contributed by atoms with Crippen molar-refractivity contribution in [3.63, 3.8) is 0 Å². The molecule has 2 aromatic carbocycles. The first-order valence-corrected chi connectivity index (χ1v) is 9.22. The average Bonchev–Trinajstić information content (AvgIpc) is 2.63. The number of carbonyl (C=O) groups is 2. The summed E-state index contributed by atoms with van der Waals surface area (Å²) in [5.41, 5.74) is 4.14. The normalized spacial score (nSPS) is 11.6. The molecule has 0 heterocycles. The molecule has 0 aliphatic carbocycles. The molecule has 0 saturated carbocycles. The van der Waals surface area contributed by atoms with Crippen LogP contribution in [0.1, 0.15) is 47.3 Å². The quantitative estimate of drug-likeness (QED) is 0.771. The molecular weight excluding hydrogens is 340 g/mol. The molecule has 0 aliphatic heterocycles. The lowest BCUT2D eigenvalue weighted by Crippen LogP contribution is -2.33. The van der Waals surface area contributed by atoms with Crippen molar-refractivity contribution in [1.29, 1.82) is 0 Å². The summed E-state index contributed by atoms with van der Waals surface area (Å²) in [6.45, 7) is 9.80. The van der Waals surface area contributed by atoms with E-state index in [1.165, 1.54) is 0 Å². The van der Waals surface area contributed by atoms with Gasteiger partial charge in [0, 0.05) is 6.04 Å². The summed E-state index contributed by atoms with van der Waals surface area (Å²) < 4.78 is 5.70. The summed E-state index contributed by atoms with van der Waals surface area (Å²) in [7, 11) is 0. The number of para-hydroxylation sites is 1. The van der Waals surface area contributed by atoms with E-state index in [1.807, 2.05) is 40.7 Å². The fourth-order valence-corrected chi connectivity index (χ4v) is 2.67. The number of hydrogen-bond donors (Lipinski definition) is 2. The van der Waals surface area contributed by atoms with Gasteiger partial charge in [-0.1, -0.05) is 25.1 Å². The number of amides is 2. The van der Waals surface area contributed by atoms with E-state index in [0.29, 0.717) is 17.0 Å². The van der Waals surface area contributed by atoms with Gasteiger partial charge in [0.25, 0.3) is 11.8 Å². The van der Waals surface area contributed by atoms with Crippen LogP contribution >= 0.6 is 0 Å². The highest BCUT2D eigenvalue weighted by atomic mass is 16.5. The molecule has 1 atom stereocenters. The Labute approximate surface area is 161 Å². The van der Waals surface area contributed by atoms with Gasteiger partial charge in [-0.3, -0.25) is 9.59 Å².